The maximum absolute atomic E-state index is 10.9. The maximum Gasteiger partial charge on any atom is 0.119 e. The Morgan fingerprint density at radius 1 is 0.600 bits per heavy atom. The van der Waals surface area contributed by atoms with Crippen molar-refractivity contribution in [2.45, 2.75) is 70.1 Å². The summed E-state index contributed by atoms with van der Waals surface area (Å²) in [6.07, 6.45) is 10.7. The molecule has 0 aliphatic carbocycles. The second-order valence-corrected chi connectivity index (χ2v) is 8.64. The molecule has 30 heavy (non-hydrogen) atoms. The largest absolute Gasteiger partial charge is 0.508 e. The number of unbranched alkanes of at least 4 members (excludes halogenated alkanes) is 5. The maximum atomic E-state index is 10.9. The molecule has 0 aromatic heterocycles. The van der Waals surface area contributed by atoms with Crippen LogP contribution in [0.4, 0.5) is 0 Å². The third-order valence-electron chi connectivity index (χ3n) is 6.25. The van der Waals surface area contributed by atoms with E-state index in [4.69, 9.17) is 0 Å². The lowest BCUT2D eigenvalue weighted by molar-refractivity contribution is 0.347. The van der Waals surface area contributed by atoms with Crippen LogP contribution >= 0.6 is 0 Å². The number of benzene rings is 3. The van der Waals surface area contributed by atoms with Gasteiger partial charge in [0, 0.05) is 11.0 Å². The first-order valence-electron chi connectivity index (χ1n) is 11.6. The molecule has 0 fully saturated rings. The Hall–Kier alpha value is -2.54. The molecule has 0 amide bonds. The highest BCUT2D eigenvalue weighted by molar-refractivity contribution is 5.42. The van der Waals surface area contributed by atoms with Crippen molar-refractivity contribution in [1.82, 2.24) is 0 Å². The number of hydrogen-bond acceptors (Lipinski definition) is 1. The van der Waals surface area contributed by atoms with Crippen LogP contribution in [0, 0.1) is 0 Å². The second-order valence-electron chi connectivity index (χ2n) is 8.64. The van der Waals surface area contributed by atoms with Gasteiger partial charge in [-0.15, -0.1) is 0 Å². The highest BCUT2D eigenvalue weighted by Crippen LogP contribution is 2.41. The molecule has 3 aromatic rings. The fraction of sp³-hybridized carbons (Fsp3) is 0.379. The number of para-hydroxylation sites is 1. The predicted molar refractivity (Wildman–Crippen MR) is 128 cm³/mol. The van der Waals surface area contributed by atoms with Crippen molar-refractivity contribution in [1.29, 1.82) is 0 Å². The first-order chi connectivity index (χ1) is 14.7. The topological polar surface area (TPSA) is 20.2 Å². The molecule has 0 aliphatic heterocycles. The minimum atomic E-state index is -0.112. The van der Waals surface area contributed by atoms with Gasteiger partial charge in [-0.2, -0.15) is 0 Å². The summed E-state index contributed by atoms with van der Waals surface area (Å²) in [7, 11) is 0. The first kappa shape index (κ1) is 22.2. The van der Waals surface area contributed by atoms with Crippen LogP contribution in [0.2, 0.25) is 0 Å². The Morgan fingerprint density at radius 3 is 1.67 bits per heavy atom. The van der Waals surface area contributed by atoms with Crippen molar-refractivity contribution in [3.8, 4) is 5.75 Å². The van der Waals surface area contributed by atoms with Crippen LogP contribution in [-0.2, 0) is 18.3 Å². The van der Waals surface area contributed by atoms with E-state index in [9.17, 15) is 5.11 Å². The van der Waals surface area contributed by atoms with E-state index in [1.54, 1.807) is 0 Å². The normalized spacial score (nSPS) is 11.5. The highest BCUT2D eigenvalue weighted by atomic mass is 16.3. The van der Waals surface area contributed by atoms with E-state index in [1.807, 2.05) is 12.1 Å². The summed E-state index contributed by atoms with van der Waals surface area (Å²) in [6, 6.07) is 29.5. The lowest BCUT2D eigenvalue weighted by Gasteiger charge is -2.36. The standard InChI is InChI=1S/C29H36O/c1-2-3-4-5-6-15-22-29(23-25-16-9-7-10-17-25,24-26-18-11-8-12-19-26)27-20-13-14-21-28(27)30/h7-14,16-21,30H,2-6,15,22-24H2,1H3. The Labute approximate surface area is 182 Å². The van der Waals surface area contributed by atoms with E-state index < -0.39 is 0 Å². The molecule has 0 unspecified atom stereocenters. The van der Waals surface area contributed by atoms with E-state index in [2.05, 4.69) is 79.7 Å². The van der Waals surface area contributed by atoms with Crippen molar-refractivity contribution < 1.29 is 5.11 Å². The van der Waals surface area contributed by atoms with Crippen molar-refractivity contribution >= 4 is 0 Å². The molecular weight excluding hydrogens is 364 g/mol. The van der Waals surface area contributed by atoms with Gasteiger partial charge in [0.2, 0.25) is 0 Å². The third kappa shape index (κ3) is 6.23. The summed E-state index contributed by atoms with van der Waals surface area (Å²) in [4.78, 5) is 0. The number of hydrogen-bond donors (Lipinski definition) is 1. The van der Waals surface area contributed by atoms with Crippen LogP contribution in [0.25, 0.3) is 0 Å². The molecule has 1 nitrogen and oxygen atoms in total. The molecule has 0 saturated carbocycles. The van der Waals surface area contributed by atoms with Crippen LogP contribution in [0.3, 0.4) is 0 Å². The summed E-state index contributed by atoms with van der Waals surface area (Å²) >= 11 is 0. The molecule has 3 rings (SSSR count). The van der Waals surface area contributed by atoms with Crippen LogP contribution in [0.5, 0.6) is 5.75 Å². The summed E-state index contributed by atoms with van der Waals surface area (Å²) in [5.74, 6) is 0.426. The van der Waals surface area contributed by atoms with Crippen molar-refractivity contribution in [2.24, 2.45) is 0 Å². The molecule has 158 valence electrons. The average molecular weight is 401 g/mol. The minimum absolute atomic E-state index is 0.112. The van der Waals surface area contributed by atoms with Gasteiger partial charge in [-0.1, -0.05) is 124 Å². The summed E-state index contributed by atoms with van der Waals surface area (Å²) in [6.45, 7) is 2.27. The fourth-order valence-corrected chi connectivity index (χ4v) is 4.70. The van der Waals surface area contributed by atoms with Gasteiger partial charge in [0.15, 0.2) is 0 Å². The molecule has 0 spiro atoms. The van der Waals surface area contributed by atoms with Crippen LogP contribution in [0.15, 0.2) is 84.9 Å². The Kier molecular flexibility index (Phi) is 8.56. The molecule has 0 atom stereocenters. The second kappa shape index (κ2) is 11.6. The van der Waals surface area contributed by atoms with Gasteiger partial charge in [-0.25, -0.2) is 0 Å². The van der Waals surface area contributed by atoms with E-state index in [0.29, 0.717) is 5.75 Å². The van der Waals surface area contributed by atoms with Crippen LogP contribution < -0.4 is 0 Å². The summed E-state index contributed by atoms with van der Waals surface area (Å²) < 4.78 is 0. The van der Waals surface area contributed by atoms with Crippen LogP contribution in [-0.4, -0.2) is 5.11 Å². The highest BCUT2D eigenvalue weighted by Gasteiger charge is 2.34. The zero-order chi connectivity index (χ0) is 21.1. The molecule has 0 bridgehead atoms. The number of phenols is 1. The molecule has 0 saturated heterocycles. The van der Waals surface area contributed by atoms with E-state index >= 15 is 0 Å². The lowest BCUT2D eigenvalue weighted by atomic mass is 9.68. The minimum Gasteiger partial charge on any atom is -0.508 e. The Morgan fingerprint density at radius 2 is 1.10 bits per heavy atom. The summed E-state index contributed by atoms with van der Waals surface area (Å²) in [5.41, 5.74) is 3.65. The predicted octanol–water partition coefficient (Wildman–Crippen LogP) is 7.87. The van der Waals surface area contributed by atoms with Gasteiger partial charge in [0.1, 0.15) is 5.75 Å². The molecule has 0 heterocycles. The number of rotatable bonds is 12. The lowest BCUT2D eigenvalue weighted by Crippen LogP contribution is -2.32. The zero-order valence-electron chi connectivity index (χ0n) is 18.4. The third-order valence-corrected chi connectivity index (χ3v) is 6.25. The monoisotopic (exact) mass is 400 g/mol. The van der Waals surface area contributed by atoms with Gasteiger partial charge in [0.25, 0.3) is 0 Å². The quantitative estimate of drug-likeness (QED) is 0.307. The summed E-state index contributed by atoms with van der Waals surface area (Å²) in [5, 5.41) is 10.9. The molecule has 0 radical (unpaired) electrons. The number of aromatic hydroxyl groups is 1. The SMILES string of the molecule is CCCCCCCCC(Cc1ccccc1)(Cc1ccccc1)c1ccccc1O. The molecule has 3 aromatic carbocycles. The Balaban J connectivity index is 1.92. The van der Waals surface area contributed by atoms with Crippen molar-refractivity contribution in [3.63, 3.8) is 0 Å². The zero-order valence-corrected chi connectivity index (χ0v) is 18.4. The van der Waals surface area contributed by atoms with Gasteiger partial charge < -0.3 is 5.11 Å². The fourth-order valence-electron chi connectivity index (χ4n) is 4.70. The van der Waals surface area contributed by atoms with Crippen molar-refractivity contribution in [3.05, 3.63) is 102 Å². The molecular formula is C29H36O. The van der Waals surface area contributed by atoms with E-state index in [1.165, 1.54) is 49.7 Å². The van der Waals surface area contributed by atoms with E-state index in [-0.39, 0.29) is 5.41 Å². The molecule has 1 heteroatoms. The van der Waals surface area contributed by atoms with Gasteiger partial charge in [0.05, 0.1) is 0 Å². The smallest absolute Gasteiger partial charge is 0.119 e. The first-order valence-corrected chi connectivity index (χ1v) is 11.6. The molecule has 0 aliphatic rings. The number of phenolic OH excluding ortho intramolecular Hbond substituents is 1. The van der Waals surface area contributed by atoms with Crippen LogP contribution in [0.1, 0.15) is 68.6 Å². The molecule has 1 N–H and O–H groups in total. The Bertz CT molecular complexity index is 812. The van der Waals surface area contributed by atoms with Gasteiger partial charge in [-0.05, 0) is 36.5 Å². The van der Waals surface area contributed by atoms with Gasteiger partial charge >= 0.3 is 0 Å². The van der Waals surface area contributed by atoms with Crippen molar-refractivity contribution in [2.75, 3.05) is 0 Å². The van der Waals surface area contributed by atoms with E-state index in [0.717, 1.165) is 24.8 Å². The van der Waals surface area contributed by atoms with Gasteiger partial charge in [-0.3, -0.25) is 0 Å². The average Bonchev–Trinajstić information content (AvgIpc) is 2.78.